The summed E-state index contributed by atoms with van der Waals surface area (Å²) in [6, 6.07) is 5.25. The van der Waals surface area contributed by atoms with Gasteiger partial charge in [0.15, 0.2) is 0 Å². The van der Waals surface area contributed by atoms with E-state index in [0.29, 0.717) is 18.5 Å². The summed E-state index contributed by atoms with van der Waals surface area (Å²) in [4.78, 5) is 12.0. The molecule has 7 heteroatoms. The van der Waals surface area contributed by atoms with E-state index in [9.17, 15) is 18.0 Å². The van der Waals surface area contributed by atoms with Crippen molar-refractivity contribution in [2.75, 3.05) is 19.6 Å². The van der Waals surface area contributed by atoms with Gasteiger partial charge in [-0.2, -0.15) is 13.2 Å². The zero-order valence-electron chi connectivity index (χ0n) is 12.8. The Bertz CT molecular complexity index is 500. The number of carbonyl (C=O) groups is 1. The molecule has 2 N–H and O–H groups in total. The van der Waals surface area contributed by atoms with Crippen LogP contribution in [0, 0.1) is 5.92 Å². The lowest BCUT2D eigenvalue weighted by molar-refractivity contribution is -0.137. The molecule has 1 saturated heterocycles. The van der Waals surface area contributed by atoms with Gasteiger partial charge >= 0.3 is 6.18 Å². The smallest absolute Gasteiger partial charge is 0.356 e. The van der Waals surface area contributed by atoms with Crippen molar-refractivity contribution in [3.8, 4) is 0 Å². The van der Waals surface area contributed by atoms with Gasteiger partial charge in [0.05, 0.1) is 5.56 Å². The number of halogens is 4. The van der Waals surface area contributed by atoms with Gasteiger partial charge in [0.25, 0.3) is 0 Å². The first-order valence-electron chi connectivity index (χ1n) is 7.61. The summed E-state index contributed by atoms with van der Waals surface area (Å²) >= 11 is 0. The number of hydrogen-bond donors (Lipinski definition) is 2. The molecule has 1 aliphatic heterocycles. The molecule has 1 atom stereocenters. The second-order valence-electron chi connectivity index (χ2n) is 5.62. The number of rotatable bonds is 4. The minimum absolute atomic E-state index is 0. The molecule has 1 aromatic carbocycles. The van der Waals surface area contributed by atoms with Crippen LogP contribution in [0.1, 0.15) is 30.4 Å². The third-order valence-electron chi connectivity index (χ3n) is 3.91. The van der Waals surface area contributed by atoms with Gasteiger partial charge in [-0.15, -0.1) is 12.4 Å². The van der Waals surface area contributed by atoms with Gasteiger partial charge < -0.3 is 10.6 Å². The second kappa shape index (κ2) is 9.13. The Morgan fingerprint density at radius 3 is 2.78 bits per heavy atom. The van der Waals surface area contributed by atoms with Crippen molar-refractivity contribution in [2.45, 2.75) is 31.9 Å². The molecule has 130 valence electrons. The summed E-state index contributed by atoms with van der Waals surface area (Å²) in [7, 11) is 0. The first kappa shape index (κ1) is 19.8. The molecule has 0 aliphatic carbocycles. The third kappa shape index (κ3) is 6.39. The molecule has 1 aliphatic rings. The van der Waals surface area contributed by atoms with Crippen LogP contribution in [0.2, 0.25) is 0 Å². The second-order valence-corrected chi connectivity index (χ2v) is 5.62. The Morgan fingerprint density at radius 2 is 2.04 bits per heavy atom. The van der Waals surface area contributed by atoms with E-state index < -0.39 is 11.7 Å². The van der Waals surface area contributed by atoms with Crippen LogP contribution in [0.4, 0.5) is 13.2 Å². The maximum Gasteiger partial charge on any atom is 0.416 e. The topological polar surface area (TPSA) is 41.1 Å². The predicted molar refractivity (Wildman–Crippen MR) is 85.6 cm³/mol. The summed E-state index contributed by atoms with van der Waals surface area (Å²) < 4.78 is 37.9. The van der Waals surface area contributed by atoms with Crippen molar-refractivity contribution < 1.29 is 18.0 Å². The van der Waals surface area contributed by atoms with Gasteiger partial charge in [-0.05, 0) is 50.4 Å². The average Bonchev–Trinajstić information content (AvgIpc) is 2.76. The number of benzene rings is 1. The van der Waals surface area contributed by atoms with Crippen molar-refractivity contribution in [2.24, 2.45) is 5.92 Å². The largest absolute Gasteiger partial charge is 0.416 e. The molecule has 0 bridgehead atoms. The lowest BCUT2D eigenvalue weighted by Gasteiger charge is -2.14. The standard InChI is InChI=1S/C16H21F3N2O.ClH/c17-16(18,19)14-5-1-3-12(11-14)6-10-21-15(22)13-4-2-8-20-9-7-13;/h1,3,5,11,13,20H,2,4,6-10H2,(H,21,22);1H. The molecular formula is C16H22ClF3N2O. The summed E-state index contributed by atoms with van der Waals surface area (Å²) in [6.07, 6.45) is -1.27. The highest BCUT2D eigenvalue weighted by Crippen LogP contribution is 2.29. The molecule has 1 fully saturated rings. The highest BCUT2D eigenvalue weighted by atomic mass is 35.5. The van der Waals surface area contributed by atoms with Crippen molar-refractivity contribution in [1.82, 2.24) is 10.6 Å². The van der Waals surface area contributed by atoms with Crippen molar-refractivity contribution in [3.05, 3.63) is 35.4 Å². The highest BCUT2D eigenvalue weighted by molar-refractivity contribution is 5.85. The van der Waals surface area contributed by atoms with Crippen molar-refractivity contribution in [1.29, 1.82) is 0 Å². The van der Waals surface area contributed by atoms with Gasteiger partial charge in [-0.3, -0.25) is 4.79 Å². The van der Waals surface area contributed by atoms with E-state index in [0.717, 1.165) is 44.5 Å². The van der Waals surface area contributed by atoms with Crippen LogP contribution in [-0.2, 0) is 17.4 Å². The van der Waals surface area contributed by atoms with Crippen LogP contribution in [-0.4, -0.2) is 25.5 Å². The molecule has 0 aromatic heterocycles. The lowest BCUT2D eigenvalue weighted by atomic mass is 9.99. The normalized spacial score (nSPS) is 18.7. The Kier molecular flexibility index (Phi) is 7.85. The summed E-state index contributed by atoms with van der Waals surface area (Å²) in [5, 5.41) is 6.09. The van der Waals surface area contributed by atoms with E-state index in [1.54, 1.807) is 6.07 Å². The van der Waals surface area contributed by atoms with Gasteiger partial charge in [0, 0.05) is 12.5 Å². The number of carbonyl (C=O) groups excluding carboxylic acids is 1. The molecule has 2 rings (SSSR count). The van der Waals surface area contributed by atoms with E-state index in [2.05, 4.69) is 10.6 Å². The van der Waals surface area contributed by atoms with Crippen LogP contribution in [0.3, 0.4) is 0 Å². The summed E-state index contributed by atoms with van der Waals surface area (Å²) in [5.74, 6) is 0.0205. The monoisotopic (exact) mass is 350 g/mol. The number of nitrogens with one attached hydrogen (secondary N) is 2. The van der Waals surface area contributed by atoms with Gasteiger partial charge in [0.1, 0.15) is 0 Å². The van der Waals surface area contributed by atoms with Gasteiger partial charge in [0.2, 0.25) is 5.91 Å². The molecule has 0 radical (unpaired) electrons. The fraction of sp³-hybridized carbons (Fsp3) is 0.562. The Balaban J connectivity index is 0.00000264. The maximum absolute atomic E-state index is 12.6. The minimum Gasteiger partial charge on any atom is -0.356 e. The Morgan fingerprint density at radius 1 is 1.26 bits per heavy atom. The molecular weight excluding hydrogens is 329 g/mol. The van der Waals surface area contributed by atoms with E-state index in [1.165, 1.54) is 6.07 Å². The lowest BCUT2D eigenvalue weighted by Crippen LogP contribution is -2.32. The summed E-state index contributed by atoms with van der Waals surface area (Å²) in [5.41, 5.74) is -0.0659. The molecule has 23 heavy (non-hydrogen) atoms. The number of amides is 1. The zero-order chi connectivity index (χ0) is 16.0. The van der Waals surface area contributed by atoms with E-state index >= 15 is 0 Å². The molecule has 3 nitrogen and oxygen atoms in total. The molecule has 1 unspecified atom stereocenters. The Labute approximate surface area is 140 Å². The summed E-state index contributed by atoms with van der Waals surface area (Å²) in [6.45, 7) is 2.14. The SMILES string of the molecule is Cl.O=C(NCCc1cccc(C(F)(F)F)c1)C1CCCNCC1. The van der Waals surface area contributed by atoms with Crippen LogP contribution < -0.4 is 10.6 Å². The molecule has 1 amide bonds. The van der Waals surface area contributed by atoms with E-state index in [4.69, 9.17) is 0 Å². The van der Waals surface area contributed by atoms with Gasteiger partial charge in [-0.25, -0.2) is 0 Å². The fourth-order valence-electron chi connectivity index (χ4n) is 2.66. The highest BCUT2D eigenvalue weighted by Gasteiger charge is 2.30. The maximum atomic E-state index is 12.6. The van der Waals surface area contributed by atoms with Crippen LogP contribution in [0.5, 0.6) is 0 Å². The van der Waals surface area contributed by atoms with Crippen LogP contribution >= 0.6 is 12.4 Å². The molecule has 0 saturated carbocycles. The molecule has 1 heterocycles. The zero-order valence-corrected chi connectivity index (χ0v) is 13.6. The first-order valence-corrected chi connectivity index (χ1v) is 7.61. The average molecular weight is 351 g/mol. The van der Waals surface area contributed by atoms with E-state index in [1.807, 2.05) is 0 Å². The van der Waals surface area contributed by atoms with E-state index in [-0.39, 0.29) is 24.2 Å². The predicted octanol–water partition coefficient (Wildman–Crippen LogP) is 3.18. The quantitative estimate of drug-likeness (QED) is 0.875. The fourth-order valence-corrected chi connectivity index (χ4v) is 2.66. The van der Waals surface area contributed by atoms with Crippen molar-refractivity contribution in [3.63, 3.8) is 0 Å². The molecule has 1 aromatic rings. The molecule has 0 spiro atoms. The number of alkyl halides is 3. The minimum atomic E-state index is -4.33. The van der Waals surface area contributed by atoms with Crippen LogP contribution in [0.25, 0.3) is 0 Å². The third-order valence-corrected chi connectivity index (χ3v) is 3.91. The Hall–Kier alpha value is -1.27. The van der Waals surface area contributed by atoms with Crippen LogP contribution in [0.15, 0.2) is 24.3 Å². The number of hydrogen-bond acceptors (Lipinski definition) is 2. The first-order chi connectivity index (χ1) is 10.5. The van der Waals surface area contributed by atoms with Crippen molar-refractivity contribution >= 4 is 18.3 Å². The van der Waals surface area contributed by atoms with Gasteiger partial charge in [-0.1, -0.05) is 18.2 Å².